The van der Waals surface area contributed by atoms with Crippen molar-refractivity contribution in [1.29, 1.82) is 0 Å². The van der Waals surface area contributed by atoms with E-state index < -0.39 is 23.5 Å². The van der Waals surface area contributed by atoms with Crippen LogP contribution < -0.4 is 14.5 Å². The molecule has 1 heterocycles. The van der Waals surface area contributed by atoms with Gasteiger partial charge in [-0.2, -0.15) is 0 Å². The molecule has 3 aromatic rings. The van der Waals surface area contributed by atoms with Crippen LogP contribution in [0.2, 0.25) is 0 Å². The van der Waals surface area contributed by atoms with Gasteiger partial charge in [-0.1, -0.05) is 18.2 Å². The number of nitrogens with zero attached hydrogens (tertiary/aromatic N) is 2. The van der Waals surface area contributed by atoms with E-state index in [4.69, 9.17) is 4.74 Å². The lowest BCUT2D eigenvalue weighted by Gasteiger charge is -2.26. The van der Waals surface area contributed by atoms with Gasteiger partial charge < -0.3 is 14.7 Å². The number of hydrogen-bond acceptors (Lipinski definition) is 5. The summed E-state index contributed by atoms with van der Waals surface area (Å²) in [6, 6.07) is 18.6. The molecular formula is C27H25FN2O4. The van der Waals surface area contributed by atoms with Crippen LogP contribution in [0, 0.1) is 5.82 Å². The van der Waals surface area contributed by atoms with E-state index in [-0.39, 0.29) is 16.9 Å². The van der Waals surface area contributed by atoms with E-state index in [2.05, 4.69) is 0 Å². The molecule has 4 rings (SSSR count). The number of carbonyl (C=O) groups is 2. The van der Waals surface area contributed by atoms with Gasteiger partial charge in [0, 0.05) is 37.1 Å². The second kappa shape index (κ2) is 9.39. The van der Waals surface area contributed by atoms with E-state index in [1.165, 1.54) is 29.2 Å². The van der Waals surface area contributed by atoms with Crippen LogP contribution >= 0.6 is 0 Å². The van der Waals surface area contributed by atoms with Crippen molar-refractivity contribution in [3.63, 3.8) is 0 Å². The number of halogens is 1. The van der Waals surface area contributed by atoms with Crippen LogP contribution in [0.5, 0.6) is 5.75 Å². The van der Waals surface area contributed by atoms with Gasteiger partial charge >= 0.3 is 0 Å². The van der Waals surface area contributed by atoms with Gasteiger partial charge in [0.2, 0.25) is 0 Å². The zero-order valence-corrected chi connectivity index (χ0v) is 19.2. The zero-order valence-electron chi connectivity index (χ0n) is 19.2. The first-order valence-corrected chi connectivity index (χ1v) is 10.9. The Morgan fingerprint density at radius 1 is 1.03 bits per heavy atom. The topological polar surface area (TPSA) is 70.1 Å². The first kappa shape index (κ1) is 23.0. The number of aliphatic hydroxyl groups excluding tert-OH is 1. The molecule has 3 aromatic carbocycles. The van der Waals surface area contributed by atoms with E-state index in [0.29, 0.717) is 23.6 Å². The number of aliphatic hydroxyl groups is 1. The van der Waals surface area contributed by atoms with E-state index in [1.54, 1.807) is 24.3 Å². The number of rotatable bonds is 6. The number of benzene rings is 3. The Hall–Kier alpha value is -4.13. The van der Waals surface area contributed by atoms with Gasteiger partial charge in [-0.05, 0) is 61.0 Å². The average molecular weight is 461 g/mol. The largest absolute Gasteiger partial charge is 0.507 e. The Balaban J connectivity index is 1.91. The summed E-state index contributed by atoms with van der Waals surface area (Å²) < 4.78 is 19.0. The average Bonchev–Trinajstić information content (AvgIpc) is 3.10. The third-order valence-corrected chi connectivity index (χ3v) is 5.69. The van der Waals surface area contributed by atoms with Crippen LogP contribution in [0.25, 0.3) is 5.76 Å². The quantitative estimate of drug-likeness (QED) is 0.321. The molecule has 0 bridgehead atoms. The third kappa shape index (κ3) is 4.24. The molecule has 1 fully saturated rings. The molecule has 0 radical (unpaired) electrons. The SMILES string of the molecule is CCOc1cccc(N2C(=O)C(=O)/C(=C(/O)c3ccc(F)cc3)C2c2ccc(N(C)C)cc2)c1. The highest BCUT2D eigenvalue weighted by Gasteiger charge is 2.47. The minimum atomic E-state index is -0.877. The second-order valence-corrected chi connectivity index (χ2v) is 8.09. The molecule has 1 aliphatic heterocycles. The number of ether oxygens (including phenoxy) is 1. The van der Waals surface area contributed by atoms with Crippen LogP contribution in [-0.2, 0) is 9.59 Å². The second-order valence-electron chi connectivity index (χ2n) is 8.09. The minimum absolute atomic E-state index is 0.0592. The van der Waals surface area contributed by atoms with Crippen molar-refractivity contribution in [2.75, 3.05) is 30.5 Å². The van der Waals surface area contributed by atoms with Crippen LogP contribution in [-0.4, -0.2) is 37.5 Å². The molecule has 174 valence electrons. The summed E-state index contributed by atoms with van der Waals surface area (Å²) in [5, 5.41) is 11.1. The Morgan fingerprint density at radius 2 is 1.71 bits per heavy atom. The fraction of sp³-hybridized carbons (Fsp3) is 0.185. The molecule has 1 unspecified atom stereocenters. The number of Topliss-reactive ketones (excluding diaryl/α,β-unsaturated/α-hetero) is 1. The van der Waals surface area contributed by atoms with Crippen molar-refractivity contribution in [2.24, 2.45) is 0 Å². The molecule has 7 heteroatoms. The number of anilines is 2. The van der Waals surface area contributed by atoms with Gasteiger partial charge in [-0.25, -0.2) is 4.39 Å². The molecule has 1 atom stereocenters. The Kier molecular flexibility index (Phi) is 6.36. The fourth-order valence-electron chi connectivity index (χ4n) is 4.02. The molecule has 1 saturated heterocycles. The number of hydrogen-bond donors (Lipinski definition) is 1. The normalized spacial score (nSPS) is 17.2. The summed E-state index contributed by atoms with van der Waals surface area (Å²) in [6.07, 6.45) is 0. The van der Waals surface area contributed by atoms with Crippen molar-refractivity contribution in [2.45, 2.75) is 13.0 Å². The number of amides is 1. The molecule has 6 nitrogen and oxygen atoms in total. The molecule has 0 saturated carbocycles. The summed E-state index contributed by atoms with van der Waals surface area (Å²) in [6.45, 7) is 2.30. The van der Waals surface area contributed by atoms with E-state index >= 15 is 0 Å². The van der Waals surface area contributed by atoms with Crippen LogP contribution in [0.4, 0.5) is 15.8 Å². The lowest BCUT2D eigenvalue weighted by molar-refractivity contribution is -0.132. The van der Waals surface area contributed by atoms with Gasteiger partial charge in [0.1, 0.15) is 17.3 Å². The molecule has 0 aliphatic carbocycles. The monoisotopic (exact) mass is 460 g/mol. The predicted octanol–water partition coefficient (Wildman–Crippen LogP) is 4.92. The van der Waals surface area contributed by atoms with Gasteiger partial charge in [-0.15, -0.1) is 0 Å². The maximum atomic E-state index is 13.5. The summed E-state index contributed by atoms with van der Waals surface area (Å²) in [7, 11) is 3.82. The highest BCUT2D eigenvalue weighted by Crippen LogP contribution is 2.43. The molecule has 0 aromatic heterocycles. The van der Waals surface area contributed by atoms with E-state index in [0.717, 1.165) is 5.69 Å². The van der Waals surface area contributed by atoms with E-state index in [1.807, 2.05) is 50.2 Å². The summed E-state index contributed by atoms with van der Waals surface area (Å²) in [5.74, 6) is -1.85. The molecule has 1 amide bonds. The Morgan fingerprint density at radius 3 is 2.32 bits per heavy atom. The van der Waals surface area contributed by atoms with Crippen molar-refractivity contribution < 1.29 is 23.8 Å². The smallest absolute Gasteiger partial charge is 0.300 e. The lowest BCUT2D eigenvalue weighted by atomic mass is 9.95. The molecular weight excluding hydrogens is 435 g/mol. The Labute approximate surface area is 197 Å². The minimum Gasteiger partial charge on any atom is -0.507 e. The fourth-order valence-corrected chi connectivity index (χ4v) is 4.02. The Bertz CT molecular complexity index is 1250. The van der Waals surface area contributed by atoms with Crippen LogP contribution in [0.15, 0.2) is 78.4 Å². The van der Waals surface area contributed by atoms with E-state index in [9.17, 15) is 19.1 Å². The first-order chi connectivity index (χ1) is 16.3. The summed E-state index contributed by atoms with van der Waals surface area (Å²) >= 11 is 0. The zero-order chi connectivity index (χ0) is 24.4. The van der Waals surface area contributed by atoms with Gasteiger partial charge in [0.05, 0.1) is 18.2 Å². The molecule has 34 heavy (non-hydrogen) atoms. The van der Waals surface area contributed by atoms with Gasteiger partial charge in [0.25, 0.3) is 11.7 Å². The maximum Gasteiger partial charge on any atom is 0.300 e. The third-order valence-electron chi connectivity index (χ3n) is 5.69. The molecule has 1 N–H and O–H groups in total. The maximum absolute atomic E-state index is 13.5. The summed E-state index contributed by atoms with van der Waals surface area (Å²) in [4.78, 5) is 29.8. The highest BCUT2D eigenvalue weighted by molar-refractivity contribution is 6.51. The standard InChI is InChI=1S/C27H25FN2O4/c1-4-34-22-7-5-6-21(16-22)30-24(17-10-14-20(15-11-17)29(2)3)23(26(32)27(30)33)25(31)18-8-12-19(28)13-9-18/h5-16,24,31H,4H2,1-3H3/b25-23+. The highest BCUT2D eigenvalue weighted by atomic mass is 19.1. The van der Waals surface area contributed by atoms with Gasteiger partial charge in [-0.3, -0.25) is 14.5 Å². The van der Waals surface area contributed by atoms with Crippen LogP contribution in [0.1, 0.15) is 24.1 Å². The molecule has 1 aliphatic rings. The van der Waals surface area contributed by atoms with Crippen molar-refractivity contribution in [3.8, 4) is 5.75 Å². The van der Waals surface area contributed by atoms with Crippen LogP contribution in [0.3, 0.4) is 0 Å². The number of ketones is 1. The predicted molar refractivity (Wildman–Crippen MR) is 130 cm³/mol. The lowest BCUT2D eigenvalue weighted by Crippen LogP contribution is -2.29. The molecule has 0 spiro atoms. The van der Waals surface area contributed by atoms with Crippen molar-refractivity contribution in [3.05, 3.63) is 95.3 Å². The van der Waals surface area contributed by atoms with Crippen molar-refractivity contribution >= 4 is 28.8 Å². The van der Waals surface area contributed by atoms with Gasteiger partial charge in [0.15, 0.2) is 0 Å². The van der Waals surface area contributed by atoms with Crippen molar-refractivity contribution in [1.82, 2.24) is 0 Å². The number of carbonyl (C=O) groups excluding carboxylic acids is 2. The summed E-state index contributed by atoms with van der Waals surface area (Å²) in [5.41, 5.74) is 2.24. The first-order valence-electron chi connectivity index (χ1n) is 10.9.